The summed E-state index contributed by atoms with van der Waals surface area (Å²) in [6.07, 6.45) is 0. The number of nitro groups is 1. The van der Waals surface area contributed by atoms with Crippen LogP contribution < -0.4 is 5.32 Å². The molecule has 0 aromatic heterocycles. The van der Waals surface area contributed by atoms with E-state index >= 15 is 0 Å². The fraction of sp³-hybridized carbons (Fsp3) is 0.200. The average Bonchev–Trinajstić information content (AvgIpc) is 2.45. The zero-order chi connectivity index (χ0) is 15.4. The number of halogens is 2. The topological polar surface area (TPSA) is 55.2 Å². The molecule has 0 spiro atoms. The van der Waals surface area contributed by atoms with E-state index in [1.54, 1.807) is 12.1 Å². The third-order valence-corrected chi connectivity index (χ3v) is 4.33. The summed E-state index contributed by atoms with van der Waals surface area (Å²) in [7, 11) is 0. The first-order chi connectivity index (χ1) is 9.97. The van der Waals surface area contributed by atoms with Crippen LogP contribution in [0.1, 0.15) is 24.1 Å². The molecular weight excluding hydrogens is 400 g/mol. The zero-order valence-electron chi connectivity index (χ0n) is 11.3. The Kier molecular flexibility index (Phi) is 5.50. The minimum atomic E-state index is -0.384. The molecule has 1 N–H and O–H groups in total. The first-order valence-electron chi connectivity index (χ1n) is 6.39. The van der Waals surface area contributed by atoms with Crippen molar-refractivity contribution in [3.05, 3.63) is 72.7 Å². The Hall–Kier alpha value is -1.24. The van der Waals surface area contributed by atoms with Gasteiger partial charge < -0.3 is 5.32 Å². The molecule has 0 saturated heterocycles. The van der Waals surface area contributed by atoms with E-state index in [4.69, 9.17) is 0 Å². The lowest BCUT2D eigenvalue weighted by atomic mass is 10.1. The molecule has 6 heteroatoms. The second-order valence-electron chi connectivity index (χ2n) is 4.70. The monoisotopic (exact) mass is 412 g/mol. The lowest BCUT2D eigenvalue weighted by Gasteiger charge is -2.14. The van der Waals surface area contributed by atoms with Crippen molar-refractivity contribution in [1.29, 1.82) is 0 Å². The summed E-state index contributed by atoms with van der Waals surface area (Å²) in [5, 5.41) is 14.3. The van der Waals surface area contributed by atoms with Gasteiger partial charge in [-0.25, -0.2) is 0 Å². The largest absolute Gasteiger partial charge is 0.306 e. The standard InChI is InChI=1S/C15H14Br2N2O2/c1-10(12-3-2-4-13(16)8-12)18-9-11-5-6-14(17)15(7-11)19(20)21/h2-8,10,18H,9H2,1H3/t10-/m0/s1. The number of rotatable bonds is 5. The highest BCUT2D eigenvalue weighted by Gasteiger charge is 2.13. The molecule has 2 aromatic carbocycles. The maximum atomic E-state index is 10.9. The fourth-order valence-corrected chi connectivity index (χ4v) is 2.78. The number of nitrogens with zero attached hydrogens (tertiary/aromatic N) is 1. The molecule has 0 heterocycles. The highest BCUT2D eigenvalue weighted by Crippen LogP contribution is 2.26. The van der Waals surface area contributed by atoms with Gasteiger partial charge in [-0.2, -0.15) is 0 Å². The van der Waals surface area contributed by atoms with Crippen molar-refractivity contribution >= 4 is 37.5 Å². The van der Waals surface area contributed by atoms with Crippen LogP contribution in [0, 0.1) is 10.1 Å². The van der Waals surface area contributed by atoms with Crippen LogP contribution in [-0.4, -0.2) is 4.92 Å². The minimum Gasteiger partial charge on any atom is -0.306 e. The SMILES string of the molecule is C[C@H](NCc1ccc(Br)c([N+](=O)[O-])c1)c1cccc(Br)c1. The highest BCUT2D eigenvalue weighted by atomic mass is 79.9. The molecule has 0 saturated carbocycles. The normalized spacial score (nSPS) is 12.1. The number of hydrogen-bond acceptors (Lipinski definition) is 3. The van der Waals surface area contributed by atoms with Crippen LogP contribution >= 0.6 is 31.9 Å². The molecule has 0 aliphatic carbocycles. The van der Waals surface area contributed by atoms with Crippen molar-refractivity contribution in [1.82, 2.24) is 5.32 Å². The van der Waals surface area contributed by atoms with Crippen LogP contribution in [0.5, 0.6) is 0 Å². The average molecular weight is 414 g/mol. The molecule has 0 amide bonds. The van der Waals surface area contributed by atoms with E-state index in [1.165, 1.54) is 0 Å². The summed E-state index contributed by atoms with van der Waals surface area (Å²) in [5.41, 5.74) is 2.13. The van der Waals surface area contributed by atoms with Gasteiger partial charge in [0.15, 0.2) is 0 Å². The number of hydrogen-bond donors (Lipinski definition) is 1. The van der Waals surface area contributed by atoms with Crippen molar-refractivity contribution in [3.8, 4) is 0 Å². The predicted octanol–water partition coefficient (Wildman–Crippen LogP) is 4.97. The van der Waals surface area contributed by atoms with Crippen LogP contribution in [0.4, 0.5) is 5.69 Å². The first-order valence-corrected chi connectivity index (χ1v) is 7.97. The van der Waals surface area contributed by atoms with E-state index < -0.39 is 0 Å². The second kappa shape index (κ2) is 7.15. The molecule has 2 rings (SSSR count). The van der Waals surface area contributed by atoms with Crippen molar-refractivity contribution < 1.29 is 4.92 Å². The smallest absolute Gasteiger partial charge is 0.283 e. The van der Waals surface area contributed by atoms with Gasteiger partial charge in [0.25, 0.3) is 5.69 Å². The van der Waals surface area contributed by atoms with Crippen molar-refractivity contribution in [2.24, 2.45) is 0 Å². The molecule has 21 heavy (non-hydrogen) atoms. The Morgan fingerprint density at radius 2 is 2.00 bits per heavy atom. The third-order valence-electron chi connectivity index (χ3n) is 3.17. The fourth-order valence-electron chi connectivity index (χ4n) is 1.97. The second-order valence-corrected chi connectivity index (χ2v) is 6.47. The molecule has 0 radical (unpaired) electrons. The Bertz CT molecular complexity index is 662. The number of nitro benzene ring substituents is 1. The summed E-state index contributed by atoms with van der Waals surface area (Å²) >= 11 is 6.64. The van der Waals surface area contributed by atoms with E-state index in [0.29, 0.717) is 11.0 Å². The molecule has 4 nitrogen and oxygen atoms in total. The Morgan fingerprint density at radius 3 is 2.67 bits per heavy atom. The van der Waals surface area contributed by atoms with Gasteiger partial charge in [-0.3, -0.25) is 10.1 Å². The third kappa shape index (κ3) is 4.36. The summed E-state index contributed by atoms with van der Waals surface area (Å²) in [6, 6.07) is 13.4. The van der Waals surface area contributed by atoms with Crippen LogP contribution in [0.2, 0.25) is 0 Å². The van der Waals surface area contributed by atoms with Gasteiger partial charge in [0, 0.05) is 23.1 Å². The highest BCUT2D eigenvalue weighted by molar-refractivity contribution is 9.10. The Labute approximate surface area is 140 Å². The van der Waals surface area contributed by atoms with Gasteiger partial charge in [0.1, 0.15) is 0 Å². The van der Waals surface area contributed by atoms with Gasteiger partial charge in [-0.15, -0.1) is 0 Å². The molecule has 0 fully saturated rings. The molecule has 0 aliphatic rings. The molecule has 2 aromatic rings. The van der Waals surface area contributed by atoms with E-state index in [9.17, 15) is 10.1 Å². The van der Waals surface area contributed by atoms with Gasteiger partial charge in [0.05, 0.1) is 9.40 Å². The van der Waals surface area contributed by atoms with Crippen molar-refractivity contribution in [3.63, 3.8) is 0 Å². The van der Waals surface area contributed by atoms with Gasteiger partial charge >= 0.3 is 0 Å². The van der Waals surface area contributed by atoms with Crippen LogP contribution in [0.25, 0.3) is 0 Å². The van der Waals surface area contributed by atoms with E-state index in [0.717, 1.165) is 15.6 Å². The van der Waals surface area contributed by atoms with E-state index in [1.807, 2.05) is 24.3 Å². The lowest BCUT2D eigenvalue weighted by Crippen LogP contribution is -2.18. The summed E-state index contributed by atoms with van der Waals surface area (Å²) in [6.45, 7) is 2.64. The van der Waals surface area contributed by atoms with E-state index in [2.05, 4.69) is 50.2 Å². The molecule has 110 valence electrons. The maximum Gasteiger partial charge on any atom is 0.283 e. The lowest BCUT2D eigenvalue weighted by molar-refractivity contribution is -0.385. The van der Waals surface area contributed by atoms with E-state index in [-0.39, 0.29) is 16.7 Å². The zero-order valence-corrected chi connectivity index (χ0v) is 14.5. The predicted molar refractivity (Wildman–Crippen MR) is 90.2 cm³/mol. The molecule has 0 bridgehead atoms. The van der Waals surface area contributed by atoms with Crippen LogP contribution in [0.15, 0.2) is 51.4 Å². The van der Waals surface area contributed by atoms with Crippen molar-refractivity contribution in [2.75, 3.05) is 0 Å². The molecule has 1 atom stereocenters. The summed E-state index contributed by atoms with van der Waals surface area (Å²) < 4.78 is 1.53. The maximum absolute atomic E-state index is 10.9. The van der Waals surface area contributed by atoms with Gasteiger partial charge in [-0.1, -0.05) is 34.1 Å². The van der Waals surface area contributed by atoms with Gasteiger partial charge in [-0.05, 0) is 52.2 Å². The van der Waals surface area contributed by atoms with Crippen molar-refractivity contribution in [2.45, 2.75) is 19.5 Å². The van der Waals surface area contributed by atoms with Gasteiger partial charge in [0.2, 0.25) is 0 Å². The molecule has 0 aliphatic heterocycles. The Morgan fingerprint density at radius 1 is 1.24 bits per heavy atom. The summed E-state index contributed by atoms with van der Waals surface area (Å²) in [5.74, 6) is 0. The first kappa shape index (κ1) is 16.1. The van der Waals surface area contributed by atoms with Crippen LogP contribution in [0.3, 0.4) is 0 Å². The number of benzene rings is 2. The molecule has 0 unspecified atom stereocenters. The quantitative estimate of drug-likeness (QED) is 0.556. The molecular formula is C15H14Br2N2O2. The summed E-state index contributed by atoms with van der Waals surface area (Å²) in [4.78, 5) is 10.5. The van der Waals surface area contributed by atoms with Crippen LogP contribution in [-0.2, 0) is 6.54 Å². The minimum absolute atomic E-state index is 0.0874. The number of nitrogens with one attached hydrogen (secondary N) is 1. The Balaban J connectivity index is 2.06.